The number of aromatic nitrogens is 1. The second-order valence-corrected chi connectivity index (χ2v) is 8.15. The van der Waals surface area contributed by atoms with Crippen LogP contribution in [0.25, 0.3) is 32.5 Å². The van der Waals surface area contributed by atoms with E-state index < -0.39 is 5.97 Å². The number of carboxylic acid groups (broad SMARTS) is 1. The van der Waals surface area contributed by atoms with Gasteiger partial charge in [-0.05, 0) is 23.8 Å². The van der Waals surface area contributed by atoms with Crippen molar-refractivity contribution in [2.45, 2.75) is 0 Å². The Morgan fingerprint density at radius 1 is 0.906 bits per heavy atom. The Bertz CT molecular complexity index is 1470. The molecule has 0 amide bonds. The number of phenolic OH excluding ortho intramolecular Hbond substituents is 1. The number of phenols is 1. The van der Waals surface area contributed by atoms with Crippen molar-refractivity contribution in [3.05, 3.63) is 95.3 Å². The summed E-state index contributed by atoms with van der Waals surface area (Å²) in [4.78, 5) is 29.0. The van der Waals surface area contributed by atoms with Crippen molar-refractivity contribution in [1.82, 2.24) is 4.98 Å². The average molecular weight is 441 g/mol. The van der Waals surface area contributed by atoms with Crippen LogP contribution < -0.4 is 0 Å². The van der Waals surface area contributed by atoms with Crippen LogP contribution >= 0.6 is 11.3 Å². The number of oxazole rings is 1. The van der Waals surface area contributed by atoms with Crippen molar-refractivity contribution >= 4 is 33.2 Å². The number of fused-ring (bicyclic) bond motifs is 1. The van der Waals surface area contributed by atoms with E-state index in [1.807, 2.05) is 30.3 Å². The fraction of sp³-hybridized carbons (Fsp3) is 0. The predicted octanol–water partition coefficient (Wildman–Crippen LogP) is 5.86. The molecule has 3 aromatic carbocycles. The van der Waals surface area contributed by atoms with Crippen LogP contribution in [0.4, 0.5) is 0 Å². The summed E-state index contributed by atoms with van der Waals surface area (Å²) in [6.07, 6.45) is 1.10. The van der Waals surface area contributed by atoms with E-state index in [2.05, 4.69) is 4.98 Å². The molecule has 0 atom stereocenters. The van der Waals surface area contributed by atoms with Crippen molar-refractivity contribution < 1.29 is 24.2 Å². The van der Waals surface area contributed by atoms with Crippen LogP contribution in [0.5, 0.6) is 5.75 Å². The lowest BCUT2D eigenvalue weighted by molar-refractivity contribution is 0.0691. The van der Waals surface area contributed by atoms with Gasteiger partial charge in [0.2, 0.25) is 5.78 Å². The van der Waals surface area contributed by atoms with E-state index in [9.17, 15) is 19.8 Å². The normalized spacial score (nSPS) is 11.0. The van der Waals surface area contributed by atoms with E-state index in [4.69, 9.17) is 4.42 Å². The molecule has 0 saturated heterocycles. The first kappa shape index (κ1) is 19.7. The molecule has 0 unspecified atom stereocenters. The largest absolute Gasteiger partial charge is 0.508 e. The Balaban J connectivity index is 1.65. The van der Waals surface area contributed by atoms with Crippen molar-refractivity contribution in [2.75, 3.05) is 0 Å². The Hall–Kier alpha value is -4.23. The molecule has 6 nitrogen and oxygen atoms in total. The maximum Gasteiger partial charge on any atom is 0.358 e. The third-order valence-electron chi connectivity index (χ3n) is 5.12. The molecule has 5 rings (SSSR count). The Labute approximate surface area is 186 Å². The van der Waals surface area contributed by atoms with Crippen molar-refractivity contribution in [3.63, 3.8) is 0 Å². The first-order valence-corrected chi connectivity index (χ1v) is 10.5. The number of thiophene rings is 1. The van der Waals surface area contributed by atoms with Gasteiger partial charge in [-0.15, -0.1) is 11.3 Å². The van der Waals surface area contributed by atoms with E-state index in [1.165, 1.54) is 11.3 Å². The van der Waals surface area contributed by atoms with E-state index in [0.717, 1.165) is 27.6 Å². The molecule has 7 heteroatoms. The monoisotopic (exact) mass is 441 g/mol. The smallest absolute Gasteiger partial charge is 0.358 e. The molecule has 156 valence electrons. The van der Waals surface area contributed by atoms with Gasteiger partial charge in [0, 0.05) is 26.8 Å². The summed E-state index contributed by atoms with van der Waals surface area (Å²) in [6, 6.07) is 21.2. The number of hydrogen-bond acceptors (Lipinski definition) is 6. The summed E-state index contributed by atoms with van der Waals surface area (Å²) in [5.41, 5.74) is 2.54. The van der Waals surface area contributed by atoms with Gasteiger partial charge in [0.05, 0.1) is 4.88 Å². The average Bonchev–Trinajstić information content (AvgIpc) is 3.44. The molecule has 0 bridgehead atoms. The number of aromatic carboxylic acids is 1. The molecule has 2 aromatic heterocycles. The van der Waals surface area contributed by atoms with Gasteiger partial charge in [-0.3, -0.25) is 4.79 Å². The Morgan fingerprint density at radius 2 is 1.62 bits per heavy atom. The minimum Gasteiger partial charge on any atom is -0.508 e. The molecular formula is C25H15NO5S. The first-order chi connectivity index (χ1) is 15.5. The summed E-state index contributed by atoms with van der Waals surface area (Å²) in [6.45, 7) is 0. The molecule has 0 aliphatic rings. The highest BCUT2D eigenvalue weighted by Gasteiger charge is 2.22. The lowest BCUT2D eigenvalue weighted by atomic mass is 9.97. The van der Waals surface area contributed by atoms with Gasteiger partial charge in [0.15, 0.2) is 17.8 Å². The van der Waals surface area contributed by atoms with E-state index >= 15 is 0 Å². The molecule has 0 aliphatic heterocycles. The van der Waals surface area contributed by atoms with Gasteiger partial charge in [0.1, 0.15) is 5.75 Å². The predicted molar refractivity (Wildman–Crippen MR) is 121 cm³/mol. The number of carboxylic acids is 1. The van der Waals surface area contributed by atoms with Crippen LogP contribution in [0.15, 0.2) is 83.6 Å². The van der Waals surface area contributed by atoms with E-state index in [-0.39, 0.29) is 23.0 Å². The molecule has 0 radical (unpaired) electrons. The molecule has 0 saturated carbocycles. The van der Waals surface area contributed by atoms with Gasteiger partial charge in [-0.1, -0.05) is 54.6 Å². The summed E-state index contributed by atoms with van der Waals surface area (Å²) in [5.74, 6) is -0.971. The van der Waals surface area contributed by atoms with Crippen molar-refractivity contribution in [3.8, 4) is 28.2 Å². The van der Waals surface area contributed by atoms with Crippen molar-refractivity contribution in [2.24, 2.45) is 0 Å². The number of carbonyl (C=O) groups is 2. The topological polar surface area (TPSA) is 101 Å². The molecule has 0 aliphatic carbocycles. The van der Waals surface area contributed by atoms with Gasteiger partial charge in [0.25, 0.3) is 0 Å². The number of aromatic hydroxyl groups is 1. The molecule has 2 heterocycles. The summed E-state index contributed by atoms with van der Waals surface area (Å²) < 4.78 is 6.07. The highest BCUT2D eigenvalue weighted by molar-refractivity contribution is 7.21. The quantitative estimate of drug-likeness (QED) is 0.331. The number of carbonyl (C=O) groups excluding carboxylic acids is 1. The fourth-order valence-electron chi connectivity index (χ4n) is 3.64. The van der Waals surface area contributed by atoms with Gasteiger partial charge in [-0.2, -0.15) is 0 Å². The molecular weight excluding hydrogens is 426 g/mol. The zero-order chi connectivity index (χ0) is 22.2. The standard InChI is InChI=1S/C25H15NO5S/c27-17-10-11-18-19(12-17)32-24(22(28)15-4-2-1-3-5-15)20(18)14-6-8-16(9-7-14)23-21(25(29)30)26-13-31-23/h1-13,27H,(H,29,30). The lowest BCUT2D eigenvalue weighted by Gasteiger charge is -2.07. The number of hydrogen-bond donors (Lipinski definition) is 2. The van der Waals surface area contributed by atoms with Crippen LogP contribution in [-0.2, 0) is 0 Å². The molecule has 5 aromatic rings. The molecule has 0 spiro atoms. The highest BCUT2D eigenvalue weighted by Crippen LogP contribution is 2.41. The number of ketones is 1. The first-order valence-electron chi connectivity index (χ1n) is 9.66. The van der Waals surface area contributed by atoms with Gasteiger partial charge in [-0.25, -0.2) is 9.78 Å². The summed E-state index contributed by atoms with van der Waals surface area (Å²) in [7, 11) is 0. The third kappa shape index (κ3) is 3.34. The van der Waals surface area contributed by atoms with Gasteiger partial charge < -0.3 is 14.6 Å². The Morgan fingerprint density at radius 3 is 2.34 bits per heavy atom. The molecule has 2 N–H and O–H groups in total. The van der Waals surface area contributed by atoms with Crippen LogP contribution in [0.2, 0.25) is 0 Å². The van der Waals surface area contributed by atoms with Crippen molar-refractivity contribution in [1.29, 1.82) is 0 Å². The Kier molecular flexibility index (Phi) is 4.80. The summed E-state index contributed by atoms with van der Waals surface area (Å²) in [5, 5.41) is 20.1. The number of nitrogens with zero attached hydrogens (tertiary/aromatic N) is 1. The van der Waals surface area contributed by atoms with E-state index in [0.29, 0.717) is 16.0 Å². The van der Waals surface area contributed by atoms with Crippen LogP contribution in [0, 0.1) is 0 Å². The minimum atomic E-state index is -1.17. The van der Waals surface area contributed by atoms with E-state index in [1.54, 1.807) is 42.5 Å². The zero-order valence-electron chi connectivity index (χ0n) is 16.5. The zero-order valence-corrected chi connectivity index (χ0v) is 17.3. The highest BCUT2D eigenvalue weighted by atomic mass is 32.1. The summed E-state index contributed by atoms with van der Waals surface area (Å²) >= 11 is 1.33. The third-order valence-corrected chi connectivity index (χ3v) is 6.27. The lowest BCUT2D eigenvalue weighted by Crippen LogP contribution is -2.00. The second kappa shape index (κ2) is 7.79. The molecule has 32 heavy (non-hydrogen) atoms. The number of benzene rings is 3. The van der Waals surface area contributed by atoms with Crippen LogP contribution in [0.3, 0.4) is 0 Å². The van der Waals surface area contributed by atoms with Gasteiger partial charge >= 0.3 is 5.97 Å². The van der Waals surface area contributed by atoms with Crippen LogP contribution in [-0.4, -0.2) is 26.9 Å². The van der Waals surface area contributed by atoms with Crippen LogP contribution in [0.1, 0.15) is 25.7 Å². The number of rotatable bonds is 5. The SMILES string of the molecule is O=C(O)c1ncoc1-c1ccc(-c2c(C(=O)c3ccccc3)sc3cc(O)ccc23)cc1. The maximum atomic E-state index is 13.3. The molecule has 0 fully saturated rings. The fourth-order valence-corrected chi connectivity index (χ4v) is 4.86. The minimum absolute atomic E-state index is 0.103. The second-order valence-electron chi connectivity index (χ2n) is 7.09. The maximum absolute atomic E-state index is 13.3.